The van der Waals surface area contributed by atoms with Crippen molar-refractivity contribution in [1.82, 2.24) is 4.57 Å². The van der Waals surface area contributed by atoms with Gasteiger partial charge >= 0.3 is 0 Å². The van der Waals surface area contributed by atoms with Crippen molar-refractivity contribution in [2.75, 3.05) is 11.4 Å². The highest BCUT2D eigenvalue weighted by molar-refractivity contribution is 6.09. The Hall–Kier alpha value is -6.65. The van der Waals surface area contributed by atoms with E-state index in [2.05, 4.69) is 166 Å². The number of para-hydroxylation sites is 3. The van der Waals surface area contributed by atoms with E-state index in [9.17, 15) is 0 Å². The summed E-state index contributed by atoms with van der Waals surface area (Å²) in [7, 11) is 0. The number of nitrogens with zero attached hydrogens (tertiary/aromatic N) is 3. The summed E-state index contributed by atoms with van der Waals surface area (Å²) in [6, 6.07) is 46.6. The molecule has 2 aromatic heterocycles. The van der Waals surface area contributed by atoms with Crippen LogP contribution in [0.3, 0.4) is 0 Å². The third kappa shape index (κ3) is 4.87. The number of benzene rings is 6. The maximum atomic E-state index is 6.60. The largest absolute Gasteiger partial charge is 0.460 e. The molecule has 53 heavy (non-hydrogen) atoms. The van der Waals surface area contributed by atoms with E-state index in [1.807, 2.05) is 12.3 Å². The molecular weight excluding hydrogens is 647 g/mol. The van der Waals surface area contributed by atoms with E-state index >= 15 is 0 Å². The van der Waals surface area contributed by atoms with Crippen LogP contribution in [0.5, 0.6) is 0 Å². The monoisotopic (exact) mass is 681 g/mol. The summed E-state index contributed by atoms with van der Waals surface area (Å²) in [5, 5.41) is 3.73. The Balaban J connectivity index is 0.889. The zero-order chi connectivity index (χ0) is 34.9. The Morgan fingerprint density at radius 1 is 0.623 bits per heavy atom. The van der Waals surface area contributed by atoms with Gasteiger partial charge in [0, 0.05) is 58.0 Å². The number of rotatable bonds is 3. The summed E-state index contributed by atoms with van der Waals surface area (Å²) in [5.41, 5.74) is 17.2. The summed E-state index contributed by atoms with van der Waals surface area (Å²) in [6.45, 7) is 1.45. The summed E-state index contributed by atoms with van der Waals surface area (Å²) in [5.74, 6) is 1.00. The first-order valence-corrected chi connectivity index (χ1v) is 18.5. The topological polar surface area (TPSA) is 33.7 Å². The second kappa shape index (κ2) is 12.0. The maximum Gasteiger partial charge on any atom is 0.135 e. The second-order valence-corrected chi connectivity index (χ2v) is 14.2. The summed E-state index contributed by atoms with van der Waals surface area (Å²) in [4.78, 5) is 6.96. The van der Waals surface area contributed by atoms with Crippen molar-refractivity contribution in [3.63, 3.8) is 0 Å². The molecular formula is C49H35N3O. The first-order valence-electron chi connectivity index (χ1n) is 18.5. The molecule has 252 valence electrons. The lowest BCUT2D eigenvalue weighted by Crippen LogP contribution is -2.22. The predicted molar refractivity (Wildman–Crippen MR) is 220 cm³/mol. The molecule has 0 saturated heterocycles. The van der Waals surface area contributed by atoms with Crippen LogP contribution in [0.2, 0.25) is 0 Å². The molecule has 0 fully saturated rings. The quantitative estimate of drug-likeness (QED) is 0.186. The van der Waals surface area contributed by atoms with E-state index in [-0.39, 0.29) is 0 Å². The van der Waals surface area contributed by atoms with E-state index in [1.165, 1.54) is 77.8 Å². The molecule has 0 bridgehead atoms. The van der Waals surface area contributed by atoms with Crippen LogP contribution in [0.1, 0.15) is 28.0 Å². The number of aromatic nitrogens is 1. The highest BCUT2D eigenvalue weighted by Crippen LogP contribution is 2.42. The number of hydrogen-bond acceptors (Lipinski definition) is 3. The highest BCUT2D eigenvalue weighted by atomic mass is 16.3. The van der Waals surface area contributed by atoms with Crippen molar-refractivity contribution in [3.05, 3.63) is 185 Å². The fraction of sp³-hybridized carbons (Fsp3) is 0.0816. The zero-order valence-electron chi connectivity index (χ0n) is 29.2. The Labute approximate surface area is 308 Å². The van der Waals surface area contributed by atoms with Crippen molar-refractivity contribution < 1.29 is 4.42 Å². The van der Waals surface area contributed by atoms with Gasteiger partial charge in [0.25, 0.3) is 0 Å². The van der Waals surface area contributed by atoms with Gasteiger partial charge in [0.2, 0.25) is 0 Å². The number of allylic oxidation sites excluding steroid dienone is 3. The van der Waals surface area contributed by atoms with Gasteiger partial charge in [-0.1, -0.05) is 97.1 Å². The van der Waals surface area contributed by atoms with Gasteiger partial charge in [-0.05, 0) is 106 Å². The fourth-order valence-corrected chi connectivity index (χ4v) is 8.72. The molecule has 2 aliphatic carbocycles. The molecule has 0 saturated carbocycles. The van der Waals surface area contributed by atoms with Gasteiger partial charge < -0.3 is 13.9 Å². The molecule has 0 radical (unpaired) electrons. The third-order valence-corrected chi connectivity index (χ3v) is 11.2. The molecule has 0 N–H and O–H groups in total. The van der Waals surface area contributed by atoms with Crippen LogP contribution in [0.25, 0.3) is 66.8 Å². The number of furan rings is 1. The lowest BCUT2D eigenvalue weighted by molar-refractivity contribution is 0.564. The normalized spacial score (nSPS) is 15.3. The highest BCUT2D eigenvalue weighted by Gasteiger charge is 2.22. The first-order chi connectivity index (χ1) is 26.3. The van der Waals surface area contributed by atoms with Crippen molar-refractivity contribution in [1.29, 1.82) is 0 Å². The molecule has 3 aliphatic rings. The molecule has 0 amide bonds. The fourth-order valence-electron chi connectivity index (χ4n) is 8.72. The first kappa shape index (κ1) is 30.0. The molecule has 0 spiro atoms. The smallest absolute Gasteiger partial charge is 0.135 e. The summed E-state index contributed by atoms with van der Waals surface area (Å²) in [6.07, 6.45) is 14.5. The van der Waals surface area contributed by atoms with E-state index in [0.29, 0.717) is 6.54 Å². The number of aliphatic imine (C=N–C) groups is 1. The Kier molecular flexibility index (Phi) is 6.78. The van der Waals surface area contributed by atoms with Gasteiger partial charge in [-0.2, -0.15) is 0 Å². The Bertz CT molecular complexity index is 2860. The van der Waals surface area contributed by atoms with Gasteiger partial charge in [-0.15, -0.1) is 0 Å². The molecule has 0 atom stereocenters. The van der Waals surface area contributed by atoms with Crippen molar-refractivity contribution >= 4 is 50.8 Å². The van der Waals surface area contributed by atoms with Gasteiger partial charge in [0.05, 0.1) is 17.6 Å². The summed E-state index contributed by atoms with van der Waals surface area (Å²) < 4.78 is 9.02. The van der Waals surface area contributed by atoms with E-state index < -0.39 is 0 Å². The van der Waals surface area contributed by atoms with Gasteiger partial charge in [-0.25, -0.2) is 0 Å². The molecule has 0 unspecified atom stereocenters. The maximum absolute atomic E-state index is 6.60. The minimum Gasteiger partial charge on any atom is -0.460 e. The molecule has 6 aromatic carbocycles. The van der Waals surface area contributed by atoms with Crippen LogP contribution in [0.4, 0.5) is 5.69 Å². The van der Waals surface area contributed by atoms with Crippen LogP contribution in [0.15, 0.2) is 167 Å². The number of fused-ring (bicyclic) bond motifs is 10. The molecule has 8 aromatic rings. The average molecular weight is 682 g/mol. The Morgan fingerprint density at radius 3 is 2.23 bits per heavy atom. The molecule has 4 heteroatoms. The number of hydrogen-bond donors (Lipinski definition) is 0. The zero-order valence-corrected chi connectivity index (χ0v) is 29.2. The lowest BCUT2D eigenvalue weighted by Gasteiger charge is -2.26. The van der Waals surface area contributed by atoms with Gasteiger partial charge in [-0.3, -0.25) is 4.99 Å². The van der Waals surface area contributed by atoms with Crippen LogP contribution >= 0.6 is 0 Å². The second-order valence-electron chi connectivity index (χ2n) is 14.2. The Morgan fingerprint density at radius 2 is 1.36 bits per heavy atom. The molecule has 3 heterocycles. The third-order valence-electron chi connectivity index (χ3n) is 11.2. The summed E-state index contributed by atoms with van der Waals surface area (Å²) >= 11 is 0. The van der Waals surface area contributed by atoms with Crippen molar-refractivity contribution in [3.8, 4) is 27.9 Å². The predicted octanol–water partition coefficient (Wildman–Crippen LogP) is 11.9. The lowest BCUT2D eigenvalue weighted by atomic mass is 9.98. The van der Waals surface area contributed by atoms with Gasteiger partial charge in [0.1, 0.15) is 11.3 Å². The van der Waals surface area contributed by atoms with Crippen molar-refractivity contribution in [2.24, 2.45) is 4.99 Å². The van der Waals surface area contributed by atoms with E-state index in [4.69, 9.17) is 4.42 Å². The van der Waals surface area contributed by atoms with Crippen LogP contribution in [-0.4, -0.2) is 17.3 Å². The SMILES string of the molecule is C1=Cc2c(oc3cc(-c4ccc5c(c4)Cc4cc(-n6c7ccccc7c7ccccc76)ccc4-5)ccc23)CC=C1N1C/C=C\C=NCc2ccccc21. The molecule has 1 aliphatic heterocycles. The molecule has 4 nitrogen and oxygen atoms in total. The van der Waals surface area contributed by atoms with Crippen LogP contribution < -0.4 is 4.90 Å². The van der Waals surface area contributed by atoms with E-state index in [0.717, 1.165) is 41.7 Å². The number of anilines is 1. The molecule has 11 rings (SSSR count). The van der Waals surface area contributed by atoms with E-state index in [1.54, 1.807) is 0 Å². The average Bonchev–Trinajstić information content (AvgIpc) is 3.83. The minimum absolute atomic E-state index is 0.670. The van der Waals surface area contributed by atoms with Crippen LogP contribution in [-0.2, 0) is 19.4 Å². The van der Waals surface area contributed by atoms with Gasteiger partial charge in [0.15, 0.2) is 0 Å². The van der Waals surface area contributed by atoms with Crippen molar-refractivity contribution in [2.45, 2.75) is 19.4 Å². The standard InChI is InChI=1S/C49H35N3O/c1-4-12-45-34(9-1)31-50-25-7-8-26-51(45)37-17-23-43-44-21-16-33(30-49(44)53-48(43)24-19-37)32-15-20-39-35(27-32)28-36-29-38(18-22-40(36)39)52-46-13-5-2-10-41(46)42-11-3-6-14-47(42)52/h1-23,25,27,29-30H,24,26,28,31H2/b8-7-,50-25?. The van der Waals surface area contributed by atoms with Crippen LogP contribution in [0, 0.1) is 0 Å². The minimum atomic E-state index is 0.670.